The SMILES string of the molecule is CCc1cc2c(NC3CCCCC3CO)nc(N)nc2s1. The summed E-state index contributed by atoms with van der Waals surface area (Å²) in [6, 6.07) is 2.42. The summed E-state index contributed by atoms with van der Waals surface area (Å²) in [5.41, 5.74) is 5.84. The number of nitrogens with zero attached hydrogens (tertiary/aromatic N) is 2. The number of aliphatic hydroxyl groups is 1. The van der Waals surface area contributed by atoms with E-state index in [2.05, 4.69) is 28.3 Å². The van der Waals surface area contributed by atoms with Crippen molar-refractivity contribution >= 4 is 33.3 Å². The number of nitrogen functional groups attached to an aromatic ring is 1. The van der Waals surface area contributed by atoms with Gasteiger partial charge in [-0.2, -0.15) is 4.98 Å². The minimum Gasteiger partial charge on any atom is -0.396 e. The Morgan fingerprint density at radius 2 is 2.19 bits per heavy atom. The van der Waals surface area contributed by atoms with Crippen molar-refractivity contribution in [3.8, 4) is 0 Å². The van der Waals surface area contributed by atoms with Crippen LogP contribution in [-0.2, 0) is 6.42 Å². The monoisotopic (exact) mass is 306 g/mol. The van der Waals surface area contributed by atoms with Crippen LogP contribution in [0.4, 0.5) is 11.8 Å². The van der Waals surface area contributed by atoms with Gasteiger partial charge in [-0.15, -0.1) is 11.3 Å². The third-order valence-electron chi connectivity index (χ3n) is 4.28. The van der Waals surface area contributed by atoms with Gasteiger partial charge in [0.25, 0.3) is 0 Å². The molecule has 1 fully saturated rings. The molecule has 2 aromatic heterocycles. The Balaban J connectivity index is 1.93. The number of anilines is 2. The van der Waals surface area contributed by atoms with E-state index in [9.17, 15) is 5.11 Å². The Morgan fingerprint density at radius 3 is 2.95 bits per heavy atom. The summed E-state index contributed by atoms with van der Waals surface area (Å²) < 4.78 is 0. The lowest BCUT2D eigenvalue weighted by Gasteiger charge is -2.31. The van der Waals surface area contributed by atoms with Crippen molar-refractivity contribution in [2.75, 3.05) is 17.7 Å². The van der Waals surface area contributed by atoms with E-state index in [1.165, 1.54) is 17.7 Å². The molecular formula is C15H22N4OS. The summed E-state index contributed by atoms with van der Waals surface area (Å²) in [7, 11) is 0. The Labute approximate surface area is 128 Å². The molecule has 0 spiro atoms. The molecule has 0 saturated heterocycles. The van der Waals surface area contributed by atoms with Crippen LogP contribution in [-0.4, -0.2) is 27.7 Å². The smallest absolute Gasteiger partial charge is 0.223 e. The Kier molecular flexibility index (Phi) is 4.26. The molecule has 0 amide bonds. The molecule has 2 atom stereocenters. The number of aryl methyl sites for hydroxylation is 1. The number of fused-ring (bicyclic) bond motifs is 1. The lowest BCUT2D eigenvalue weighted by molar-refractivity contribution is 0.178. The number of hydrogen-bond acceptors (Lipinski definition) is 6. The average Bonchev–Trinajstić information content (AvgIpc) is 2.91. The molecule has 2 aromatic rings. The van der Waals surface area contributed by atoms with Gasteiger partial charge in [0.15, 0.2) is 0 Å². The maximum Gasteiger partial charge on any atom is 0.223 e. The summed E-state index contributed by atoms with van der Waals surface area (Å²) in [6.07, 6.45) is 5.52. The van der Waals surface area contributed by atoms with Crippen molar-refractivity contribution in [2.24, 2.45) is 5.92 Å². The van der Waals surface area contributed by atoms with Crippen LogP contribution in [0.15, 0.2) is 6.07 Å². The van der Waals surface area contributed by atoms with Gasteiger partial charge in [0.1, 0.15) is 10.6 Å². The number of aromatic nitrogens is 2. The highest BCUT2D eigenvalue weighted by Gasteiger charge is 2.25. The first-order valence-electron chi connectivity index (χ1n) is 7.64. The molecule has 0 radical (unpaired) electrons. The molecule has 2 unspecified atom stereocenters. The van der Waals surface area contributed by atoms with Crippen LogP contribution in [0.25, 0.3) is 10.2 Å². The van der Waals surface area contributed by atoms with Crippen LogP contribution in [0.2, 0.25) is 0 Å². The van der Waals surface area contributed by atoms with Gasteiger partial charge >= 0.3 is 0 Å². The molecule has 0 aromatic carbocycles. The predicted octanol–water partition coefficient (Wildman–Crippen LogP) is 2.80. The lowest BCUT2D eigenvalue weighted by atomic mass is 9.85. The van der Waals surface area contributed by atoms with Crippen molar-refractivity contribution in [2.45, 2.75) is 45.1 Å². The molecule has 6 heteroatoms. The van der Waals surface area contributed by atoms with Gasteiger partial charge in [-0.25, -0.2) is 4.98 Å². The van der Waals surface area contributed by atoms with Crippen molar-refractivity contribution in [3.05, 3.63) is 10.9 Å². The molecule has 1 saturated carbocycles. The third kappa shape index (κ3) is 2.96. The average molecular weight is 306 g/mol. The molecule has 5 nitrogen and oxygen atoms in total. The molecule has 0 bridgehead atoms. The number of aliphatic hydroxyl groups excluding tert-OH is 1. The van der Waals surface area contributed by atoms with Crippen LogP contribution in [0.3, 0.4) is 0 Å². The van der Waals surface area contributed by atoms with Crippen LogP contribution in [0.1, 0.15) is 37.5 Å². The van der Waals surface area contributed by atoms with Gasteiger partial charge in [0.2, 0.25) is 5.95 Å². The Bertz CT molecular complexity index is 627. The van der Waals surface area contributed by atoms with Crippen molar-refractivity contribution in [1.29, 1.82) is 0 Å². The van der Waals surface area contributed by atoms with E-state index < -0.39 is 0 Å². The predicted molar refractivity (Wildman–Crippen MR) is 87.7 cm³/mol. The van der Waals surface area contributed by atoms with Crippen LogP contribution in [0, 0.1) is 5.92 Å². The summed E-state index contributed by atoms with van der Waals surface area (Å²) >= 11 is 1.67. The number of nitrogens with two attached hydrogens (primary N) is 1. The van der Waals surface area contributed by atoms with Gasteiger partial charge in [-0.3, -0.25) is 0 Å². The zero-order valence-corrected chi connectivity index (χ0v) is 13.1. The van der Waals surface area contributed by atoms with Crippen LogP contribution in [0.5, 0.6) is 0 Å². The molecule has 4 N–H and O–H groups in total. The normalized spacial score (nSPS) is 22.6. The van der Waals surface area contributed by atoms with Gasteiger partial charge in [-0.1, -0.05) is 19.8 Å². The zero-order chi connectivity index (χ0) is 14.8. The van der Waals surface area contributed by atoms with E-state index >= 15 is 0 Å². The highest BCUT2D eigenvalue weighted by Crippen LogP contribution is 2.33. The Hall–Kier alpha value is -1.40. The third-order valence-corrected chi connectivity index (χ3v) is 5.45. The van der Waals surface area contributed by atoms with Gasteiger partial charge in [0, 0.05) is 23.4 Å². The zero-order valence-electron chi connectivity index (χ0n) is 12.3. The Morgan fingerprint density at radius 1 is 1.38 bits per heavy atom. The number of hydrogen-bond donors (Lipinski definition) is 3. The van der Waals surface area contributed by atoms with E-state index in [4.69, 9.17) is 5.73 Å². The maximum atomic E-state index is 9.55. The second kappa shape index (κ2) is 6.15. The highest BCUT2D eigenvalue weighted by atomic mass is 32.1. The minimum atomic E-state index is 0.227. The first-order chi connectivity index (χ1) is 10.2. The molecular weight excluding hydrogens is 284 g/mol. The van der Waals surface area contributed by atoms with Gasteiger partial charge in [0.05, 0.1) is 5.39 Å². The molecule has 21 heavy (non-hydrogen) atoms. The number of thiophene rings is 1. The summed E-state index contributed by atoms with van der Waals surface area (Å²) in [5.74, 6) is 1.43. The van der Waals surface area contributed by atoms with Gasteiger partial charge in [-0.05, 0) is 25.3 Å². The van der Waals surface area contributed by atoms with Crippen molar-refractivity contribution in [1.82, 2.24) is 9.97 Å². The maximum absolute atomic E-state index is 9.55. The summed E-state index contributed by atoms with van der Waals surface area (Å²) in [6.45, 7) is 2.36. The second-order valence-corrected chi connectivity index (χ2v) is 6.81. The van der Waals surface area contributed by atoms with Crippen LogP contribution < -0.4 is 11.1 Å². The lowest BCUT2D eigenvalue weighted by Crippen LogP contribution is -2.34. The molecule has 1 aliphatic rings. The highest BCUT2D eigenvalue weighted by molar-refractivity contribution is 7.18. The van der Waals surface area contributed by atoms with Crippen LogP contribution >= 0.6 is 11.3 Å². The first kappa shape index (κ1) is 14.5. The van der Waals surface area contributed by atoms with E-state index in [1.807, 2.05) is 0 Å². The summed E-state index contributed by atoms with van der Waals surface area (Å²) in [4.78, 5) is 11.0. The van der Waals surface area contributed by atoms with E-state index in [1.54, 1.807) is 11.3 Å². The first-order valence-corrected chi connectivity index (χ1v) is 8.46. The fourth-order valence-electron chi connectivity index (χ4n) is 3.06. The molecule has 3 rings (SSSR count). The standard InChI is InChI=1S/C15H22N4OS/c1-2-10-7-11-13(18-15(16)19-14(11)21-10)17-12-6-4-3-5-9(12)8-20/h7,9,12,20H,2-6,8H2,1H3,(H3,16,17,18,19). The minimum absolute atomic E-state index is 0.227. The number of nitrogens with one attached hydrogen (secondary N) is 1. The van der Waals surface area contributed by atoms with E-state index in [0.29, 0.717) is 11.9 Å². The molecule has 2 heterocycles. The quantitative estimate of drug-likeness (QED) is 0.809. The molecule has 0 aliphatic heterocycles. The van der Waals surface area contributed by atoms with E-state index in [-0.39, 0.29) is 12.6 Å². The van der Waals surface area contributed by atoms with E-state index in [0.717, 1.165) is 35.3 Å². The molecule has 1 aliphatic carbocycles. The molecule has 114 valence electrons. The fourth-order valence-corrected chi connectivity index (χ4v) is 4.04. The second-order valence-electron chi connectivity index (χ2n) is 5.69. The van der Waals surface area contributed by atoms with Crippen molar-refractivity contribution in [3.63, 3.8) is 0 Å². The number of rotatable bonds is 4. The largest absolute Gasteiger partial charge is 0.396 e. The fraction of sp³-hybridized carbons (Fsp3) is 0.600. The topological polar surface area (TPSA) is 84.1 Å². The van der Waals surface area contributed by atoms with Gasteiger partial charge < -0.3 is 16.2 Å². The summed E-state index contributed by atoms with van der Waals surface area (Å²) in [5, 5.41) is 14.1. The van der Waals surface area contributed by atoms with Crippen molar-refractivity contribution < 1.29 is 5.11 Å².